The average Bonchev–Trinajstić information content (AvgIpc) is 3.02. The Labute approximate surface area is 167 Å². The quantitative estimate of drug-likeness (QED) is 0.344. The van der Waals surface area contributed by atoms with Crippen LogP contribution in [0.5, 0.6) is 0 Å². The van der Waals surface area contributed by atoms with Crippen molar-refractivity contribution in [2.45, 2.75) is 51.4 Å². The number of carboxylic acid groups (broad SMARTS) is 1. The average molecular weight is 386 g/mol. The Bertz CT molecular complexity index is 706. The molecule has 28 heavy (non-hydrogen) atoms. The summed E-state index contributed by atoms with van der Waals surface area (Å²) in [6.45, 7) is 0. The van der Waals surface area contributed by atoms with Crippen LogP contribution in [-0.2, 0) is 9.59 Å². The minimum atomic E-state index is -0.753. The predicted molar refractivity (Wildman–Crippen MR) is 111 cm³/mol. The highest BCUT2D eigenvalue weighted by molar-refractivity contribution is 6.04. The molecule has 0 spiro atoms. The summed E-state index contributed by atoms with van der Waals surface area (Å²) in [7, 11) is 3.92. The minimum Gasteiger partial charge on any atom is -0.481 e. The molecule has 152 valence electrons. The molecule has 0 saturated heterocycles. The van der Waals surface area contributed by atoms with Gasteiger partial charge in [-0.1, -0.05) is 25.3 Å². The molecular weight excluding hydrogens is 354 g/mol. The van der Waals surface area contributed by atoms with Crippen molar-refractivity contribution in [3.8, 4) is 0 Å². The first-order valence-electron chi connectivity index (χ1n) is 10.1. The zero-order valence-electron chi connectivity index (χ0n) is 16.9. The Morgan fingerprint density at radius 1 is 1.11 bits per heavy atom. The molecule has 1 N–H and O–H groups in total. The summed E-state index contributed by atoms with van der Waals surface area (Å²) in [6.07, 6.45) is 9.43. The Morgan fingerprint density at radius 3 is 2.43 bits per heavy atom. The molecule has 1 fully saturated rings. The van der Waals surface area contributed by atoms with E-state index in [1.165, 1.54) is 0 Å². The third-order valence-electron chi connectivity index (χ3n) is 5.47. The number of benzene rings is 1. The van der Waals surface area contributed by atoms with Crippen LogP contribution in [0.2, 0.25) is 0 Å². The van der Waals surface area contributed by atoms with Gasteiger partial charge in [-0.25, -0.2) is 0 Å². The minimum absolute atomic E-state index is 0.000333. The van der Waals surface area contributed by atoms with Crippen molar-refractivity contribution in [1.29, 1.82) is 0 Å². The van der Waals surface area contributed by atoms with E-state index in [1.54, 1.807) is 6.08 Å². The summed E-state index contributed by atoms with van der Waals surface area (Å²) in [6, 6.07) is 7.51. The predicted octanol–water partition coefficient (Wildman–Crippen LogP) is 4.51. The number of aliphatic carboxylic acids is 1. The number of rotatable bonds is 11. The molecule has 0 aromatic heterocycles. The molecule has 2 unspecified atom stereocenters. The number of hydrogen-bond donors (Lipinski definition) is 1. The summed E-state index contributed by atoms with van der Waals surface area (Å²) in [5, 5.41) is 8.65. The number of carboxylic acids is 1. The number of carbonyl (C=O) groups excluding carboxylic acids is 2. The lowest BCUT2D eigenvalue weighted by Crippen LogP contribution is -2.13. The fourth-order valence-electron chi connectivity index (χ4n) is 3.76. The molecule has 1 aromatic carbocycles. The molecule has 0 amide bonds. The van der Waals surface area contributed by atoms with Gasteiger partial charge < -0.3 is 10.0 Å². The molecular formula is C23H31NO4. The SMILES string of the molecule is CN(C)c1ccc(C(=O)/C=C/C2CCC(=O)C2CCCCCCC(=O)O)cc1. The number of hydrogen-bond acceptors (Lipinski definition) is 4. The largest absolute Gasteiger partial charge is 0.481 e. The molecule has 5 nitrogen and oxygen atoms in total. The number of allylic oxidation sites excluding steroid dienone is 2. The van der Waals surface area contributed by atoms with Gasteiger partial charge in [0.2, 0.25) is 0 Å². The van der Waals surface area contributed by atoms with E-state index in [0.717, 1.165) is 37.8 Å². The van der Waals surface area contributed by atoms with Crippen LogP contribution in [0.3, 0.4) is 0 Å². The van der Waals surface area contributed by atoms with Crippen LogP contribution >= 0.6 is 0 Å². The highest BCUT2D eigenvalue weighted by atomic mass is 16.4. The molecule has 2 rings (SSSR count). The first kappa shape index (κ1) is 21.9. The standard InChI is InChI=1S/C23H31NO4/c1-24(2)19-13-9-18(10-14-19)21(25)15-11-17-12-16-22(26)20(17)7-5-3-4-6-8-23(27)28/h9-11,13-15,17,20H,3-8,12,16H2,1-2H3,(H,27,28)/b15-11+. The van der Waals surface area contributed by atoms with Crippen molar-refractivity contribution in [3.63, 3.8) is 0 Å². The van der Waals surface area contributed by atoms with Gasteiger partial charge in [-0.3, -0.25) is 14.4 Å². The molecule has 0 aliphatic heterocycles. The van der Waals surface area contributed by atoms with Gasteiger partial charge >= 0.3 is 5.97 Å². The first-order chi connectivity index (χ1) is 13.4. The lowest BCUT2D eigenvalue weighted by Gasteiger charge is -2.15. The van der Waals surface area contributed by atoms with Crippen molar-refractivity contribution in [2.75, 3.05) is 19.0 Å². The van der Waals surface area contributed by atoms with Crippen molar-refractivity contribution in [1.82, 2.24) is 0 Å². The molecule has 0 heterocycles. The summed E-state index contributed by atoms with van der Waals surface area (Å²) in [5.41, 5.74) is 1.70. The maximum absolute atomic E-state index is 12.4. The van der Waals surface area contributed by atoms with E-state index in [-0.39, 0.29) is 24.0 Å². The van der Waals surface area contributed by atoms with E-state index < -0.39 is 5.97 Å². The second kappa shape index (κ2) is 10.8. The van der Waals surface area contributed by atoms with E-state index in [4.69, 9.17) is 5.11 Å². The fourth-order valence-corrected chi connectivity index (χ4v) is 3.76. The van der Waals surface area contributed by atoms with Gasteiger partial charge in [-0.05, 0) is 55.5 Å². The summed E-state index contributed by atoms with van der Waals surface area (Å²) >= 11 is 0. The normalized spacial score (nSPS) is 19.3. The molecule has 0 bridgehead atoms. The van der Waals surface area contributed by atoms with Gasteiger partial charge in [0.1, 0.15) is 5.78 Å². The molecule has 2 atom stereocenters. The van der Waals surface area contributed by atoms with Crippen molar-refractivity contribution in [2.24, 2.45) is 11.8 Å². The Hall–Kier alpha value is -2.43. The number of carbonyl (C=O) groups is 3. The lowest BCUT2D eigenvalue weighted by molar-refractivity contribution is -0.137. The van der Waals surface area contributed by atoms with Gasteiger partial charge in [0.05, 0.1) is 0 Å². The van der Waals surface area contributed by atoms with Crippen LogP contribution in [0.15, 0.2) is 36.4 Å². The molecule has 0 radical (unpaired) electrons. The Morgan fingerprint density at radius 2 is 1.79 bits per heavy atom. The van der Waals surface area contributed by atoms with Gasteiger partial charge in [0, 0.05) is 44.1 Å². The van der Waals surface area contributed by atoms with E-state index in [2.05, 4.69) is 0 Å². The van der Waals surface area contributed by atoms with Gasteiger partial charge in [-0.2, -0.15) is 0 Å². The Kier molecular flexibility index (Phi) is 8.42. The highest BCUT2D eigenvalue weighted by Gasteiger charge is 2.32. The number of anilines is 1. The zero-order chi connectivity index (χ0) is 20.5. The first-order valence-corrected chi connectivity index (χ1v) is 10.1. The van der Waals surface area contributed by atoms with Crippen molar-refractivity contribution in [3.05, 3.63) is 42.0 Å². The maximum atomic E-state index is 12.4. The monoisotopic (exact) mass is 385 g/mol. The molecule has 1 aliphatic carbocycles. The zero-order valence-corrected chi connectivity index (χ0v) is 16.9. The second-order valence-corrected chi connectivity index (χ2v) is 7.79. The van der Waals surface area contributed by atoms with Crippen LogP contribution in [0.4, 0.5) is 5.69 Å². The highest BCUT2D eigenvalue weighted by Crippen LogP contribution is 2.34. The summed E-state index contributed by atoms with van der Waals surface area (Å²) < 4.78 is 0. The summed E-state index contributed by atoms with van der Waals surface area (Å²) in [5.74, 6) is -0.353. The van der Waals surface area contributed by atoms with Gasteiger partial charge in [0.15, 0.2) is 5.78 Å². The molecule has 5 heteroatoms. The van der Waals surface area contributed by atoms with E-state index in [1.807, 2.05) is 49.3 Å². The van der Waals surface area contributed by atoms with Crippen LogP contribution < -0.4 is 4.90 Å². The maximum Gasteiger partial charge on any atom is 0.303 e. The van der Waals surface area contributed by atoms with Gasteiger partial charge in [0.25, 0.3) is 0 Å². The number of nitrogens with zero attached hydrogens (tertiary/aromatic N) is 1. The smallest absolute Gasteiger partial charge is 0.303 e. The Balaban J connectivity index is 1.84. The van der Waals surface area contributed by atoms with Gasteiger partial charge in [-0.15, -0.1) is 0 Å². The fraction of sp³-hybridized carbons (Fsp3) is 0.522. The van der Waals surface area contributed by atoms with Crippen LogP contribution in [0.25, 0.3) is 0 Å². The number of unbranched alkanes of at least 4 members (excludes halogenated alkanes) is 3. The lowest BCUT2D eigenvalue weighted by atomic mass is 9.89. The number of ketones is 2. The topological polar surface area (TPSA) is 74.7 Å². The molecule has 1 aliphatic rings. The van der Waals surface area contributed by atoms with Crippen molar-refractivity contribution < 1.29 is 19.5 Å². The van der Waals surface area contributed by atoms with Crippen LogP contribution in [0, 0.1) is 11.8 Å². The third-order valence-corrected chi connectivity index (χ3v) is 5.47. The number of Topliss-reactive ketones (excluding diaryl/α,β-unsaturated/α-hetero) is 1. The second-order valence-electron chi connectivity index (χ2n) is 7.79. The molecule has 1 saturated carbocycles. The van der Waals surface area contributed by atoms with E-state index in [0.29, 0.717) is 24.2 Å². The third kappa shape index (κ3) is 6.63. The van der Waals surface area contributed by atoms with E-state index >= 15 is 0 Å². The summed E-state index contributed by atoms with van der Waals surface area (Å²) in [4.78, 5) is 37.1. The van der Waals surface area contributed by atoms with E-state index in [9.17, 15) is 14.4 Å². The van der Waals surface area contributed by atoms with Crippen LogP contribution in [0.1, 0.15) is 61.7 Å². The molecule has 1 aromatic rings. The van der Waals surface area contributed by atoms with Crippen LogP contribution in [-0.4, -0.2) is 36.7 Å². The van der Waals surface area contributed by atoms with Crippen molar-refractivity contribution >= 4 is 23.2 Å².